The van der Waals surface area contributed by atoms with Gasteiger partial charge in [-0.1, -0.05) is 17.7 Å². The third kappa shape index (κ3) is 3.03. The predicted octanol–water partition coefficient (Wildman–Crippen LogP) is 1.64. The molecule has 0 heterocycles. The molecule has 0 saturated heterocycles. The fraction of sp³-hybridized carbons (Fsp3) is 0. The number of halogens is 1. The number of hydrogen-bond donors (Lipinski definition) is 1. The second-order valence-corrected chi connectivity index (χ2v) is 3.41. The molecule has 0 atom stereocenters. The number of hydrogen-bond acceptors (Lipinski definition) is 4. The van der Waals surface area contributed by atoms with Gasteiger partial charge in [-0.25, -0.2) is 0 Å². The number of carbonyl (C=O) groups excluding carboxylic acids is 1. The highest BCUT2D eigenvalue weighted by Crippen LogP contribution is 2.25. The molecule has 1 aromatic carbocycles. The van der Waals surface area contributed by atoms with E-state index >= 15 is 0 Å². The Morgan fingerprint density at radius 3 is 2.71 bits per heavy atom. The van der Waals surface area contributed by atoms with E-state index in [4.69, 9.17) is 22.6 Å². The highest BCUT2D eigenvalue weighted by atomic mass is 35.5. The van der Waals surface area contributed by atoms with Gasteiger partial charge in [0.15, 0.2) is 0 Å². The minimum absolute atomic E-state index is 0.0234. The third-order valence-corrected chi connectivity index (χ3v) is 2.18. The molecule has 1 amide bonds. The number of nitrogens with two attached hydrogens (primary N) is 1. The van der Waals surface area contributed by atoms with E-state index in [0.29, 0.717) is 5.56 Å². The van der Waals surface area contributed by atoms with Crippen molar-refractivity contribution in [1.82, 2.24) is 0 Å². The summed E-state index contributed by atoms with van der Waals surface area (Å²) in [6.07, 6.45) is 1.16. The van der Waals surface area contributed by atoms with E-state index in [1.165, 1.54) is 12.1 Å². The van der Waals surface area contributed by atoms with Crippen LogP contribution in [0.25, 0.3) is 6.08 Å². The van der Waals surface area contributed by atoms with E-state index in [9.17, 15) is 14.9 Å². The van der Waals surface area contributed by atoms with Crippen LogP contribution in [0.15, 0.2) is 23.8 Å². The lowest BCUT2D eigenvalue weighted by Crippen LogP contribution is -2.12. The fourth-order valence-electron chi connectivity index (χ4n) is 1.08. The van der Waals surface area contributed by atoms with E-state index < -0.39 is 10.8 Å². The van der Waals surface area contributed by atoms with Crippen LogP contribution in [0, 0.1) is 21.4 Å². The van der Waals surface area contributed by atoms with Crippen LogP contribution in [0.1, 0.15) is 5.56 Å². The summed E-state index contributed by atoms with van der Waals surface area (Å²) in [6, 6.07) is 5.50. The Bertz CT molecular complexity index is 560. The van der Waals surface area contributed by atoms with Crippen LogP contribution in [-0.4, -0.2) is 10.8 Å². The van der Waals surface area contributed by atoms with Gasteiger partial charge in [0.05, 0.1) is 4.92 Å². The molecule has 1 rings (SSSR count). The largest absolute Gasteiger partial charge is 0.365 e. The zero-order valence-electron chi connectivity index (χ0n) is 8.38. The lowest BCUT2D eigenvalue weighted by atomic mass is 10.1. The lowest BCUT2D eigenvalue weighted by Gasteiger charge is -1.98. The first kappa shape index (κ1) is 12.7. The van der Waals surface area contributed by atoms with Crippen LogP contribution in [0.2, 0.25) is 5.02 Å². The van der Waals surface area contributed by atoms with E-state index in [-0.39, 0.29) is 16.3 Å². The number of nitro benzene ring substituents is 1. The monoisotopic (exact) mass is 251 g/mol. The van der Waals surface area contributed by atoms with Gasteiger partial charge in [0, 0.05) is 6.07 Å². The van der Waals surface area contributed by atoms with Crippen molar-refractivity contribution in [1.29, 1.82) is 5.26 Å². The van der Waals surface area contributed by atoms with Crippen LogP contribution in [-0.2, 0) is 4.79 Å². The van der Waals surface area contributed by atoms with Gasteiger partial charge in [-0.3, -0.25) is 14.9 Å². The highest BCUT2D eigenvalue weighted by Gasteiger charge is 2.12. The van der Waals surface area contributed by atoms with Crippen molar-refractivity contribution in [3.05, 3.63) is 44.5 Å². The van der Waals surface area contributed by atoms with Crippen molar-refractivity contribution in [2.24, 2.45) is 5.73 Å². The number of amides is 1. The maximum Gasteiger partial charge on any atom is 0.288 e. The standard InChI is InChI=1S/C10H6ClN3O3/c11-8-2-1-6(4-9(8)14(16)17)3-7(5-12)10(13)15/h1-4H,(H2,13,15). The summed E-state index contributed by atoms with van der Waals surface area (Å²) in [7, 11) is 0. The van der Waals surface area contributed by atoms with E-state index in [2.05, 4.69) is 0 Å². The Morgan fingerprint density at radius 1 is 1.59 bits per heavy atom. The van der Waals surface area contributed by atoms with Crippen LogP contribution >= 0.6 is 11.6 Å². The van der Waals surface area contributed by atoms with Crippen molar-refractivity contribution in [3.63, 3.8) is 0 Å². The second-order valence-electron chi connectivity index (χ2n) is 3.00. The van der Waals surface area contributed by atoms with Crippen molar-refractivity contribution in [3.8, 4) is 6.07 Å². The molecule has 0 spiro atoms. The molecule has 0 aliphatic heterocycles. The molecule has 86 valence electrons. The van der Waals surface area contributed by atoms with Gasteiger partial charge in [-0.2, -0.15) is 5.26 Å². The summed E-state index contributed by atoms with van der Waals surface area (Å²) in [5.74, 6) is -0.898. The zero-order valence-corrected chi connectivity index (χ0v) is 9.14. The number of nitrogens with zero attached hydrogens (tertiary/aromatic N) is 2. The SMILES string of the molecule is N#CC(=Cc1ccc(Cl)c([N+](=O)[O-])c1)C(N)=O. The van der Waals surface area contributed by atoms with Gasteiger partial charge >= 0.3 is 0 Å². The Balaban J connectivity index is 3.27. The molecule has 7 heteroatoms. The number of carbonyl (C=O) groups is 1. The van der Waals surface area contributed by atoms with Crippen molar-refractivity contribution < 1.29 is 9.72 Å². The lowest BCUT2D eigenvalue weighted by molar-refractivity contribution is -0.384. The summed E-state index contributed by atoms with van der Waals surface area (Å²) < 4.78 is 0. The first-order valence-corrected chi connectivity index (χ1v) is 4.69. The molecule has 2 N–H and O–H groups in total. The number of nitro groups is 1. The molecule has 6 nitrogen and oxygen atoms in total. The number of rotatable bonds is 3. The molecule has 0 saturated carbocycles. The highest BCUT2D eigenvalue weighted by molar-refractivity contribution is 6.32. The molecule has 0 aliphatic rings. The van der Waals surface area contributed by atoms with Crippen LogP contribution in [0.4, 0.5) is 5.69 Å². The molecule has 0 fully saturated rings. The molecule has 0 radical (unpaired) electrons. The molecule has 0 aliphatic carbocycles. The smallest absolute Gasteiger partial charge is 0.288 e. The number of benzene rings is 1. The Kier molecular flexibility index (Phi) is 3.80. The normalized spacial score (nSPS) is 10.7. The predicted molar refractivity (Wildman–Crippen MR) is 60.9 cm³/mol. The summed E-state index contributed by atoms with van der Waals surface area (Å²) in [6.45, 7) is 0. The average molecular weight is 252 g/mol. The minimum Gasteiger partial charge on any atom is -0.365 e. The quantitative estimate of drug-likeness (QED) is 0.381. The van der Waals surface area contributed by atoms with Crippen molar-refractivity contribution in [2.75, 3.05) is 0 Å². The van der Waals surface area contributed by atoms with Crippen LogP contribution in [0.3, 0.4) is 0 Å². The third-order valence-electron chi connectivity index (χ3n) is 1.86. The van der Waals surface area contributed by atoms with Gasteiger partial charge in [-0.15, -0.1) is 0 Å². The minimum atomic E-state index is -0.898. The summed E-state index contributed by atoms with van der Waals surface area (Å²) in [5.41, 5.74) is 4.64. The van der Waals surface area contributed by atoms with Crippen LogP contribution < -0.4 is 5.73 Å². The number of nitriles is 1. The van der Waals surface area contributed by atoms with Crippen molar-refractivity contribution >= 4 is 29.3 Å². The number of primary amides is 1. The van der Waals surface area contributed by atoms with E-state index in [0.717, 1.165) is 12.1 Å². The molecule has 0 unspecified atom stereocenters. The van der Waals surface area contributed by atoms with Gasteiger partial charge in [-0.05, 0) is 17.7 Å². The molecule has 17 heavy (non-hydrogen) atoms. The van der Waals surface area contributed by atoms with Crippen LogP contribution in [0.5, 0.6) is 0 Å². The summed E-state index contributed by atoms with van der Waals surface area (Å²) in [4.78, 5) is 20.7. The first-order valence-electron chi connectivity index (χ1n) is 4.31. The summed E-state index contributed by atoms with van der Waals surface area (Å²) in [5, 5.41) is 19.2. The maximum atomic E-state index is 10.8. The van der Waals surface area contributed by atoms with E-state index in [1.54, 1.807) is 6.07 Å². The Morgan fingerprint density at radius 2 is 2.24 bits per heavy atom. The maximum absolute atomic E-state index is 10.8. The first-order chi connectivity index (χ1) is 7.95. The van der Waals surface area contributed by atoms with Gasteiger partial charge in [0.25, 0.3) is 11.6 Å². The van der Waals surface area contributed by atoms with Crippen molar-refractivity contribution in [2.45, 2.75) is 0 Å². The average Bonchev–Trinajstić information content (AvgIpc) is 2.27. The summed E-state index contributed by atoms with van der Waals surface area (Å²) >= 11 is 5.61. The zero-order chi connectivity index (χ0) is 13.0. The second kappa shape index (κ2) is 5.09. The molecule has 0 bridgehead atoms. The van der Waals surface area contributed by atoms with E-state index in [1.807, 2.05) is 0 Å². The molecule has 0 aromatic heterocycles. The fourth-order valence-corrected chi connectivity index (χ4v) is 1.27. The topological polar surface area (TPSA) is 110 Å². The Labute approximate surface area is 101 Å². The van der Waals surface area contributed by atoms with Gasteiger partial charge in [0.1, 0.15) is 16.7 Å². The Hall–Kier alpha value is -2.39. The molecular weight excluding hydrogens is 246 g/mol. The molecular formula is C10H6ClN3O3. The molecule has 1 aromatic rings. The van der Waals surface area contributed by atoms with Gasteiger partial charge < -0.3 is 5.73 Å². The van der Waals surface area contributed by atoms with Gasteiger partial charge in [0.2, 0.25) is 0 Å².